The molecule has 0 radical (unpaired) electrons. The highest BCUT2D eigenvalue weighted by atomic mass is 19.1. The van der Waals surface area contributed by atoms with Gasteiger partial charge in [-0.2, -0.15) is 0 Å². The largest absolute Gasteiger partial charge is 0.358 e. The molecule has 1 aliphatic heterocycles. The Kier molecular flexibility index (Phi) is 4.08. The lowest BCUT2D eigenvalue weighted by Gasteiger charge is -2.26. The lowest BCUT2D eigenvalue weighted by atomic mass is 10.2. The van der Waals surface area contributed by atoms with E-state index in [0.717, 1.165) is 5.56 Å². The first-order chi connectivity index (χ1) is 12.6. The Morgan fingerprint density at radius 3 is 2.54 bits per heavy atom. The normalized spacial score (nSPS) is 15.8. The van der Waals surface area contributed by atoms with E-state index >= 15 is 0 Å². The quantitative estimate of drug-likeness (QED) is 0.769. The fourth-order valence-electron chi connectivity index (χ4n) is 3.06. The molecule has 1 aromatic heterocycles. The van der Waals surface area contributed by atoms with E-state index in [0.29, 0.717) is 11.3 Å². The van der Waals surface area contributed by atoms with E-state index in [4.69, 9.17) is 0 Å². The molecular formula is C20H15F2N3O. The number of pyridine rings is 1. The molecule has 130 valence electrons. The molecule has 0 saturated carbocycles. The monoisotopic (exact) mass is 351 g/mol. The first-order valence-electron chi connectivity index (χ1n) is 8.15. The van der Waals surface area contributed by atoms with Crippen molar-refractivity contribution in [1.29, 1.82) is 0 Å². The second-order valence-electron chi connectivity index (χ2n) is 6.02. The zero-order chi connectivity index (χ0) is 18.1. The SMILES string of the molecule is O=C1c2cccnc2C(Nc2ccccc2F)N1Cc1ccc(F)cc1. The van der Waals surface area contributed by atoms with Gasteiger partial charge < -0.3 is 10.2 Å². The van der Waals surface area contributed by atoms with E-state index < -0.39 is 12.0 Å². The third kappa shape index (κ3) is 2.90. The molecule has 4 rings (SSSR count). The van der Waals surface area contributed by atoms with Crippen LogP contribution in [0.2, 0.25) is 0 Å². The topological polar surface area (TPSA) is 45.2 Å². The van der Waals surface area contributed by atoms with Crippen molar-refractivity contribution in [2.24, 2.45) is 0 Å². The summed E-state index contributed by atoms with van der Waals surface area (Å²) in [6.45, 7) is 0.252. The Morgan fingerprint density at radius 2 is 1.77 bits per heavy atom. The van der Waals surface area contributed by atoms with Gasteiger partial charge >= 0.3 is 0 Å². The summed E-state index contributed by atoms with van der Waals surface area (Å²) in [6, 6.07) is 15.6. The summed E-state index contributed by atoms with van der Waals surface area (Å²) in [5, 5.41) is 3.07. The van der Waals surface area contributed by atoms with Gasteiger partial charge in [0.1, 0.15) is 17.8 Å². The van der Waals surface area contributed by atoms with Crippen molar-refractivity contribution in [3.63, 3.8) is 0 Å². The number of aromatic nitrogens is 1. The standard InChI is InChI=1S/C20H15F2N3O/c21-14-9-7-13(8-10-14)12-25-19(24-17-6-2-1-5-16(17)22)18-15(20(25)26)4-3-11-23-18/h1-11,19,24H,12H2. The number of para-hydroxylation sites is 1. The number of nitrogens with zero attached hydrogens (tertiary/aromatic N) is 2. The average Bonchev–Trinajstić information content (AvgIpc) is 2.91. The molecule has 3 aromatic rings. The summed E-state index contributed by atoms with van der Waals surface area (Å²) in [4.78, 5) is 18.7. The number of carbonyl (C=O) groups is 1. The summed E-state index contributed by atoms with van der Waals surface area (Å²) in [7, 11) is 0. The summed E-state index contributed by atoms with van der Waals surface area (Å²) in [5.74, 6) is -0.954. The molecule has 2 heterocycles. The Bertz CT molecular complexity index is 959. The third-order valence-electron chi connectivity index (χ3n) is 4.33. The zero-order valence-corrected chi connectivity index (χ0v) is 13.7. The van der Waals surface area contributed by atoms with Gasteiger partial charge in [0.05, 0.1) is 16.9 Å². The number of nitrogens with one attached hydrogen (secondary N) is 1. The molecule has 1 N–H and O–H groups in total. The summed E-state index contributed by atoms with van der Waals surface area (Å²) < 4.78 is 27.2. The maximum atomic E-state index is 14.1. The number of hydrogen-bond donors (Lipinski definition) is 1. The minimum Gasteiger partial charge on any atom is -0.358 e. The molecule has 1 aliphatic rings. The van der Waals surface area contributed by atoms with Crippen molar-refractivity contribution in [3.05, 3.63) is 95.3 Å². The maximum absolute atomic E-state index is 14.1. The lowest BCUT2D eigenvalue weighted by Crippen LogP contribution is -2.32. The Balaban J connectivity index is 1.70. The number of amides is 1. The van der Waals surface area contributed by atoms with Crippen LogP contribution in [0.15, 0.2) is 66.9 Å². The first-order valence-corrected chi connectivity index (χ1v) is 8.15. The minimum absolute atomic E-state index is 0.203. The van der Waals surface area contributed by atoms with Crippen LogP contribution in [0.25, 0.3) is 0 Å². The number of halogens is 2. The Morgan fingerprint density at radius 1 is 1.00 bits per heavy atom. The van der Waals surface area contributed by atoms with E-state index in [1.165, 1.54) is 18.2 Å². The molecule has 6 heteroatoms. The van der Waals surface area contributed by atoms with Gasteiger partial charge in [-0.25, -0.2) is 8.78 Å². The summed E-state index contributed by atoms with van der Waals surface area (Å²) in [6.07, 6.45) is 0.990. The predicted molar refractivity (Wildman–Crippen MR) is 93.3 cm³/mol. The number of rotatable bonds is 4. The number of hydrogen-bond acceptors (Lipinski definition) is 3. The Labute approximate surface area is 149 Å². The van der Waals surface area contributed by atoms with Crippen molar-refractivity contribution in [1.82, 2.24) is 9.88 Å². The molecule has 2 aromatic carbocycles. The number of anilines is 1. The lowest BCUT2D eigenvalue weighted by molar-refractivity contribution is 0.0727. The van der Waals surface area contributed by atoms with E-state index in [2.05, 4.69) is 10.3 Å². The van der Waals surface area contributed by atoms with Crippen LogP contribution in [-0.2, 0) is 6.54 Å². The second-order valence-corrected chi connectivity index (χ2v) is 6.02. The fourth-order valence-corrected chi connectivity index (χ4v) is 3.06. The van der Waals surface area contributed by atoms with Crippen molar-refractivity contribution in [2.45, 2.75) is 12.7 Å². The van der Waals surface area contributed by atoms with E-state index in [1.807, 2.05) is 0 Å². The van der Waals surface area contributed by atoms with Gasteiger partial charge in [-0.05, 0) is 42.0 Å². The highest BCUT2D eigenvalue weighted by Gasteiger charge is 2.38. The number of fused-ring (bicyclic) bond motifs is 1. The molecule has 0 aliphatic carbocycles. The van der Waals surface area contributed by atoms with Gasteiger partial charge in [-0.3, -0.25) is 9.78 Å². The van der Waals surface area contributed by atoms with Gasteiger partial charge in [0.2, 0.25) is 0 Å². The maximum Gasteiger partial charge on any atom is 0.258 e. The second kappa shape index (κ2) is 6.55. The number of benzene rings is 2. The van der Waals surface area contributed by atoms with Gasteiger partial charge in [0.15, 0.2) is 0 Å². The van der Waals surface area contributed by atoms with Crippen LogP contribution in [0.4, 0.5) is 14.5 Å². The molecule has 0 bridgehead atoms. The zero-order valence-electron chi connectivity index (χ0n) is 13.7. The molecule has 0 fully saturated rings. The van der Waals surface area contributed by atoms with Crippen LogP contribution >= 0.6 is 0 Å². The van der Waals surface area contributed by atoms with Gasteiger partial charge in [0.25, 0.3) is 5.91 Å². The summed E-state index contributed by atoms with van der Waals surface area (Å²) in [5.41, 5.74) is 2.08. The van der Waals surface area contributed by atoms with Crippen LogP contribution in [0.3, 0.4) is 0 Å². The molecule has 1 amide bonds. The Hall–Kier alpha value is -3.28. The molecule has 0 spiro atoms. The van der Waals surface area contributed by atoms with Crippen molar-refractivity contribution >= 4 is 11.6 Å². The minimum atomic E-state index is -0.611. The van der Waals surface area contributed by atoms with E-state index in [1.54, 1.807) is 53.6 Å². The molecule has 4 nitrogen and oxygen atoms in total. The number of carbonyl (C=O) groups excluding carboxylic acids is 1. The fraction of sp³-hybridized carbons (Fsp3) is 0.100. The van der Waals surface area contributed by atoms with E-state index in [9.17, 15) is 13.6 Å². The van der Waals surface area contributed by atoms with Crippen molar-refractivity contribution in [2.75, 3.05) is 5.32 Å². The smallest absolute Gasteiger partial charge is 0.258 e. The molecule has 0 saturated heterocycles. The van der Waals surface area contributed by atoms with Gasteiger partial charge in [-0.1, -0.05) is 24.3 Å². The molecule has 1 unspecified atom stereocenters. The highest BCUT2D eigenvalue weighted by Crippen LogP contribution is 2.34. The average molecular weight is 351 g/mol. The molecule has 1 atom stereocenters. The van der Waals surface area contributed by atoms with Crippen LogP contribution < -0.4 is 5.32 Å². The van der Waals surface area contributed by atoms with Crippen LogP contribution in [0.5, 0.6) is 0 Å². The molecular weight excluding hydrogens is 336 g/mol. The van der Waals surface area contributed by atoms with Crippen LogP contribution in [0.1, 0.15) is 27.8 Å². The van der Waals surface area contributed by atoms with E-state index in [-0.39, 0.29) is 24.0 Å². The van der Waals surface area contributed by atoms with Crippen LogP contribution in [-0.4, -0.2) is 15.8 Å². The molecule has 26 heavy (non-hydrogen) atoms. The highest BCUT2D eigenvalue weighted by molar-refractivity contribution is 5.98. The summed E-state index contributed by atoms with van der Waals surface area (Å²) >= 11 is 0. The van der Waals surface area contributed by atoms with Crippen LogP contribution in [0, 0.1) is 11.6 Å². The third-order valence-corrected chi connectivity index (χ3v) is 4.33. The van der Waals surface area contributed by atoms with Gasteiger partial charge in [-0.15, -0.1) is 0 Å². The van der Waals surface area contributed by atoms with Gasteiger partial charge in [0, 0.05) is 12.7 Å². The van der Waals surface area contributed by atoms with Crippen molar-refractivity contribution < 1.29 is 13.6 Å². The van der Waals surface area contributed by atoms with Crippen molar-refractivity contribution in [3.8, 4) is 0 Å². The predicted octanol–water partition coefficient (Wildman–Crippen LogP) is 4.13. The first kappa shape index (κ1) is 16.2.